The number of amides is 1. The lowest BCUT2D eigenvalue weighted by atomic mass is 9.87. The Morgan fingerprint density at radius 3 is 2.65 bits per heavy atom. The van der Waals surface area contributed by atoms with E-state index in [1.807, 2.05) is 34.7 Å². The number of nitrogens with zero attached hydrogens (tertiary/aromatic N) is 1. The Labute approximate surface area is 140 Å². The van der Waals surface area contributed by atoms with Crippen molar-refractivity contribution >= 4 is 6.09 Å². The normalized spacial score (nSPS) is 25.4. The molecule has 0 bridgehead atoms. The van der Waals surface area contributed by atoms with E-state index in [4.69, 9.17) is 9.47 Å². The highest BCUT2D eigenvalue weighted by atomic mass is 16.6. The highest BCUT2D eigenvalue weighted by molar-refractivity contribution is 5.68. The first-order valence-corrected chi connectivity index (χ1v) is 8.68. The molecule has 3 atom stereocenters. The first-order valence-electron chi connectivity index (χ1n) is 8.68. The largest absolute Gasteiger partial charge is 0.444 e. The van der Waals surface area contributed by atoms with Gasteiger partial charge in [0.2, 0.25) is 0 Å². The van der Waals surface area contributed by atoms with Gasteiger partial charge in [0.1, 0.15) is 5.60 Å². The summed E-state index contributed by atoms with van der Waals surface area (Å²) in [5.41, 5.74) is -0.503. The van der Waals surface area contributed by atoms with Crippen LogP contribution in [0.15, 0.2) is 0 Å². The van der Waals surface area contributed by atoms with E-state index in [0.29, 0.717) is 12.8 Å². The van der Waals surface area contributed by atoms with Gasteiger partial charge in [-0.2, -0.15) is 0 Å². The predicted octanol–water partition coefficient (Wildman–Crippen LogP) is 2.15. The Kier molecular flexibility index (Phi) is 8.29. The monoisotopic (exact) mass is 330 g/mol. The van der Waals surface area contributed by atoms with Gasteiger partial charge < -0.3 is 24.8 Å². The maximum atomic E-state index is 12.0. The molecule has 0 aliphatic heterocycles. The number of nitrogens with one attached hydrogen (secondary N) is 1. The van der Waals surface area contributed by atoms with Crippen molar-refractivity contribution in [2.75, 3.05) is 26.8 Å². The van der Waals surface area contributed by atoms with E-state index in [1.54, 1.807) is 0 Å². The molecule has 23 heavy (non-hydrogen) atoms. The average Bonchev–Trinajstić information content (AvgIpc) is 2.43. The summed E-state index contributed by atoms with van der Waals surface area (Å²) in [6.07, 6.45) is 2.41. The number of likely N-dealkylation sites (N-methyl/N-ethyl adjacent to an activating group) is 1. The van der Waals surface area contributed by atoms with Gasteiger partial charge in [-0.05, 0) is 60.4 Å². The molecule has 3 unspecified atom stereocenters. The molecule has 1 saturated carbocycles. The predicted molar refractivity (Wildman–Crippen MR) is 90.5 cm³/mol. The third kappa shape index (κ3) is 7.99. The third-order valence-corrected chi connectivity index (χ3v) is 4.06. The van der Waals surface area contributed by atoms with Crippen LogP contribution < -0.4 is 5.32 Å². The van der Waals surface area contributed by atoms with Crippen molar-refractivity contribution < 1.29 is 19.4 Å². The van der Waals surface area contributed by atoms with Crippen LogP contribution in [0.2, 0.25) is 0 Å². The molecule has 1 fully saturated rings. The smallest absolute Gasteiger partial charge is 0.407 e. The van der Waals surface area contributed by atoms with E-state index >= 15 is 0 Å². The highest BCUT2D eigenvalue weighted by Gasteiger charge is 2.34. The second-order valence-electron chi connectivity index (χ2n) is 7.32. The molecule has 6 nitrogen and oxygen atoms in total. The van der Waals surface area contributed by atoms with E-state index in [9.17, 15) is 9.90 Å². The summed E-state index contributed by atoms with van der Waals surface area (Å²) in [7, 11) is 2.04. The highest BCUT2D eigenvalue weighted by Crippen LogP contribution is 2.23. The van der Waals surface area contributed by atoms with Gasteiger partial charge in [0.05, 0.1) is 6.10 Å². The molecular weight excluding hydrogens is 296 g/mol. The summed E-state index contributed by atoms with van der Waals surface area (Å²) in [4.78, 5) is 14.3. The van der Waals surface area contributed by atoms with Crippen LogP contribution in [-0.4, -0.2) is 66.7 Å². The molecule has 0 aromatic heterocycles. The Balaban J connectivity index is 2.55. The van der Waals surface area contributed by atoms with Gasteiger partial charge >= 0.3 is 6.09 Å². The molecule has 0 radical (unpaired) electrons. The molecule has 1 aliphatic carbocycles. The van der Waals surface area contributed by atoms with Crippen molar-refractivity contribution in [1.82, 2.24) is 10.2 Å². The molecule has 6 heteroatoms. The summed E-state index contributed by atoms with van der Waals surface area (Å²) >= 11 is 0. The van der Waals surface area contributed by atoms with Crippen molar-refractivity contribution in [2.45, 2.75) is 77.2 Å². The molecule has 1 amide bonds. The van der Waals surface area contributed by atoms with Crippen molar-refractivity contribution in [3.8, 4) is 0 Å². The third-order valence-electron chi connectivity index (χ3n) is 4.06. The Morgan fingerprint density at radius 2 is 2.04 bits per heavy atom. The quantitative estimate of drug-likeness (QED) is 0.700. The minimum Gasteiger partial charge on any atom is -0.444 e. The number of carbonyl (C=O) groups excluding carboxylic acids is 1. The fraction of sp³-hybridized carbons (Fsp3) is 0.941. The fourth-order valence-electron chi connectivity index (χ4n) is 2.97. The number of aliphatic hydroxyl groups excluding tert-OH is 1. The first kappa shape index (κ1) is 20.2. The van der Waals surface area contributed by atoms with Crippen LogP contribution in [-0.2, 0) is 9.47 Å². The number of hydrogen-bond acceptors (Lipinski definition) is 5. The molecule has 0 saturated heterocycles. The zero-order valence-electron chi connectivity index (χ0n) is 15.3. The number of ether oxygens (including phenoxy) is 2. The zero-order chi connectivity index (χ0) is 17.5. The van der Waals surface area contributed by atoms with Crippen molar-refractivity contribution in [3.63, 3.8) is 0 Å². The van der Waals surface area contributed by atoms with E-state index in [2.05, 4.69) is 10.2 Å². The lowest BCUT2D eigenvalue weighted by Gasteiger charge is -2.40. The molecule has 0 spiro atoms. The Bertz CT molecular complexity index is 357. The Morgan fingerprint density at radius 1 is 1.35 bits per heavy atom. The minimum atomic E-state index is -0.503. The second kappa shape index (κ2) is 9.45. The molecule has 1 aliphatic rings. The second-order valence-corrected chi connectivity index (χ2v) is 7.32. The van der Waals surface area contributed by atoms with Crippen molar-refractivity contribution in [1.29, 1.82) is 0 Å². The van der Waals surface area contributed by atoms with Crippen LogP contribution in [0.5, 0.6) is 0 Å². The number of hydrogen-bond donors (Lipinski definition) is 2. The van der Waals surface area contributed by atoms with Gasteiger partial charge in [0.15, 0.2) is 0 Å². The molecule has 1 rings (SSSR count). The van der Waals surface area contributed by atoms with Crippen LogP contribution in [0.25, 0.3) is 0 Å². The van der Waals surface area contributed by atoms with Crippen LogP contribution in [0.3, 0.4) is 0 Å². The summed E-state index contributed by atoms with van der Waals surface area (Å²) in [6.45, 7) is 9.90. The summed E-state index contributed by atoms with van der Waals surface area (Å²) in [5, 5.41) is 13.0. The van der Waals surface area contributed by atoms with Gasteiger partial charge in [0, 0.05) is 31.8 Å². The van der Waals surface area contributed by atoms with E-state index in [0.717, 1.165) is 32.6 Å². The van der Waals surface area contributed by atoms with Gasteiger partial charge in [0.25, 0.3) is 0 Å². The fourth-order valence-corrected chi connectivity index (χ4v) is 2.97. The maximum absolute atomic E-state index is 12.0. The van der Waals surface area contributed by atoms with Crippen LogP contribution in [0.1, 0.15) is 53.4 Å². The standard InChI is InChI=1S/C17H34N2O4/c1-6-22-11-7-10-19(5)15-12-13(20)8-9-14(15)18-16(21)23-17(2,3)4/h13-15,20H,6-12H2,1-5H3,(H,18,21). The van der Waals surface area contributed by atoms with Gasteiger partial charge in [-0.15, -0.1) is 0 Å². The number of rotatable bonds is 7. The average molecular weight is 330 g/mol. The molecule has 2 N–H and O–H groups in total. The van der Waals surface area contributed by atoms with Gasteiger partial charge in [-0.1, -0.05) is 0 Å². The number of aliphatic hydroxyl groups is 1. The van der Waals surface area contributed by atoms with Crippen molar-refractivity contribution in [3.05, 3.63) is 0 Å². The zero-order valence-corrected chi connectivity index (χ0v) is 15.3. The van der Waals surface area contributed by atoms with Gasteiger partial charge in [-0.25, -0.2) is 4.79 Å². The molecule has 0 aromatic carbocycles. The molecule has 0 heterocycles. The number of alkyl carbamates (subject to hydrolysis) is 1. The summed E-state index contributed by atoms with van der Waals surface area (Å²) in [6, 6.07) is 0.123. The van der Waals surface area contributed by atoms with E-state index in [1.165, 1.54) is 0 Å². The molecule has 136 valence electrons. The minimum absolute atomic E-state index is 0.00495. The molecular formula is C17H34N2O4. The van der Waals surface area contributed by atoms with Crippen LogP contribution in [0, 0.1) is 0 Å². The first-order chi connectivity index (χ1) is 10.7. The van der Waals surface area contributed by atoms with E-state index in [-0.39, 0.29) is 24.3 Å². The maximum Gasteiger partial charge on any atom is 0.407 e. The Hall–Kier alpha value is -0.850. The van der Waals surface area contributed by atoms with Crippen LogP contribution >= 0.6 is 0 Å². The number of carbonyl (C=O) groups is 1. The summed E-state index contributed by atoms with van der Waals surface area (Å²) < 4.78 is 10.7. The van der Waals surface area contributed by atoms with E-state index < -0.39 is 5.60 Å². The lowest BCUT2D eigenvalue weighted by molar-refractivity contribution is 0.0266. The van der Waals surface area contributed by atoms with Gasteiger partial charge in [-0.3, -0.25) is 0 Å². The lowest BCUT2D eigenvalue weighted by Crippen LogP contribution is -2.55. The molecule has 0 aromatic rings. The topological polar surface area (TPSA) is 71.0 Å². The van der Waals surface area contributed by atoms with Crippen molar-refractivity contribution in [2.24, 2.45) is 0 Å². The SMILES string of the molecule is CCOCCCN(C)C1CC(O)CCC1NC(=O)OC(C)(C)C. The summed E-state index contributed by atoms with van der Waals surface area (Å²) in [5.74, 6) is 0. The van der Waals surface area contributed by atoms with Crippen LogP contribution in [0.4, 0.5) is 4.79 Å².